The van der Waals surface area contributed by atoms with Crippen LogP contribution in [0.4, 0.5) is 0 Å². The van der Waals surface area contributed by atoms with E-state index in [-0.39, 0.29) is 26.3 Å². The van der Waals surface area contributed by atoms with Gasteiger partial charge in [0.1, 0.15) is 48.6 Å². The number of aliphatic hydroxyl groups excluding tert-OH is 2. The molecule has 0 aliphatic heterocycles. The maximum atomic E-state index is 11.1. The molecule has 0 rings (SSSR count). The maximum absolute atomic E-state index is 11.1. The number of nitrogens with zero attached hydrogens (tertiary/aromatic N) is 3. The van der Waals surface area contributed by atoms with Crippen molar-refractivity contribution in [1.29, 1.82) is 0 Å². The molecule has 0 saturated carbocycles. The zero-order chi connectivity index (χ0) is 46.8. The van der Waals surface area contributed by atoms with E-state index >= 15 is 0 Å². The predicted molar refractivity (Wildman–Crippen MR) is 232 cm³/mol. The van der Waals surface area contributed by atoms with Crippen LogP contribution in [0.3, 0.4) is 0 Å². The summed E-state index contributed by atoms with van der Waals surface area (Å²) in [5.74, 6) is 6.71. The van der Waals surface area contributed by atoms with Crippen LogP contribution in [0.5, 0.6) is 0 Å². The summed E-state index contributed by atoms with van der Waals surface area (Å²) in [5.41, 5.74) is 6.14. The molecular formula is C36H56IN3O15Si2. The highest BCUT2D eigenvalue weighted by Crippen LogP contribution is 1.99. The molecule has 0 bridgehead atoms. The smallest absolute Gasteiger partial charge is 0.368 e. The van der Waals surface area contributed by atoms with Crippen LogP contribution in [0.25, 0.3) is 0 Å². The second-order valence-electron chi connectivity index (χ2n) is 10.5. The molecule has 57 heavy (non-hydrogen) atoms. The molecule has 0 aromatic carbocycles. The Labute approximate surface area is 352 Å². The molecule has 0 radical (unpaired) electrons. The van der Waals surface area contributed by atoms with Crippen molar-refractivity contribution in [3.63, 3.8) is 0 Å². The van der Waals surface area contributed by atoms with Crippen LogP contribution >= 0.6 is 22.6 Å². The number of carbonyl (C=O) groups is 5. The van der Waals surface area contributed by atoms with Gasteiger partial charge in [0.2, 0.25) is 15.1 Å². The minimum atomic E-state index is -1.51. The van der Waals surface area contributed by atoms with Crippen LogP contribution in [0, 0.1) is 47.6 Å². The number of hydrogen-bond donors (Lipinski definition) is 2. The molecule has 0 spiro atoms. The van der Waals surface area contributed by atoms with Crippen molar-refractivity contribution in [2.75, 3.05) is 71.1 Å². The fourth-order valence-corrected chi connectivity index (χ4v) is 3.11. The molecule has 0 amide bonds. The Morgan fingerprint density at radius 2 is 0.825 bits per heavy atom. The fourth-order valence-electron chi connectivity index (χ4n) is 1.68. The molecule has 0 aromatic heterocycles. The summed E-state index contributed by atoms with van der Waals surface area (Å²) in [7, 11) is 9.45. The highest BCUT2D eigenvalue weighted by atomic mass is 127. The molecule has 320 valence electrons. The lowest BCUT2D eigenvalue weighted by atomic mass is 10.3. The van der Waals surface area contributed by atoms with E-state index < -0.39 is 46.0 Å². The van der Waals surface area contributed by atoms with Crippen molar-refractivity contribution >= 4 is 83.7 Å². The van der Waals surface area contributed by atoms with Crippen molar-refractivity contribution in [1.82, 2.24) is 0 Å². The Morgan fingerprint density at radius 3 is 1.11 bits per heavy atom. The lowest BCUT2D eigenvalue weighted by Gasteiger charge is -2.03. The third-order valence-electron chi connectivity index (χ3n) is 3.97. The molecule has 0 unspecified atom stereocenters. The van der Waals surface area contributed by atoms with E-state index in [1.54, 1.807) is 22.6 Å². The van der Waals surface area contributed by atoms with E-state index in [1.807, 2.05) is 11.8 Å². The quantitative estimate of drug-likeness (QED) is 0.0520. The summed E-state index contributed by atoms with van der Waals surface area (Å²) in [6.45, 7) is 19.3. The maximum Gasteiger partial charge on any atom is 0.368 e. The third-order valence-corrected chi connectivity index (χ3v) is 6.35. The third kappa shape index (κ3) is 48.5. The summed E-state index contributed by atoms with van der Waals surface area (Å²) < 4.78 is 21.9. The molecule has 0 aliphatic carbocycles. The van der Waals surface area contributed by atoms with E-state index in [4.69, 9.17) is 23.1 Å². The molecular weight excluding hydrogens is 897 g/mol. The van der Waals surface area contributed by atoms with Gasteiger partial charge in [-0.15, -0.1) is 23.9 Å². The summed E-state index contributed by atoms with van der Waals surface area (Å²) in [5, 5.41) is 24.0. The Balaban J connectivity index is -0.000000108. The normalized spacial score (nSPS) is 9.46. The first-order chi connectivity index (χ1) is 26.5. The Kier molecular flexibility index (Phi) is 50.4. The van der Waals surface area contributed by atoms with Gasteiger partial charge in [-0.1, -0.05) is 79.7 Å². The van der Waals surface area contributed by atoms with E-state index in [1.165, 1.54) is 56.9 Å². The van der Waals surface area contributed by atoms with Crippen molar-refractivity contribution in [2.45, 2.75) is 39.3 Å². The summed E-state index contributed by atoms with van der Waals surface area (Å²) in [6, 6.07) is 0. The van der Waals surface area contributed by atoms with Crippen LogP contribution in [-0.4, -0.2) is 142 Å². The number of methoxy groups -OCH3 is 5. The number of oxime groups is 3. The molecule has 21 heteroatoms. The van der Waals surface area contributed by atoms with E-state index in [0.717, 1.165) is 14.2 Å². The number of rotatable bonds is 8. The van der Waals surface area contributed by atoms with Gasteiger partial charge >= 0.3 is 29.8 Å². The second-order valence-corrected chi connectivity index (χ2v) is 21.0. The number of ether oxygens (including phenoxy) is 5. The van der Waals surface area contributed by atoms with Crippen LogP contribution in [-0.2, 0) is 62.2 Å². The van der Waals surface area contributed by atoms with Crippen molar-refractivity contribution in [3.05, 3.63) is 24.3 Å². The summed E-state index contributed by atoms with van der Waals surface area (Å²) in [6.07, 6.45) is 9.67. The first kappa shape index (κ1) is 66.4. The van der Waals surface area contributed by atoms with Gasteiger partial charge in [-0.25, -0.2) is 24.0 Å². The van der Waals surface area contributed by atoms with Gasteiger partial charge in [0.05, 0.1) is 35.5 Å². The number of esters is 5. The Morgan fingerprint density at radius 1 is 0.509 bits per heavy atom. The summed E-state index contributed by atoms with van der Waals surface area (Å²) in [4.78, 5) is 66.3. The van der Waals surface area contributed by atoms with Crippen molar-refractivity contribution in [2.24, 2.45) is 15.5 Å². The first-order valence-corrected chi connectivity index (χ1v) is 23.2. The van der Waals surface area contributed by atoms with Gasteiger partial charge in [0, 0.05) is 14.2 Å². The van der Waals surface area contributed by atoms with E-state index in [0.29, 0.717) is 0 Å². The van der Waals surface area contributed by atoms with Gasteiger partial charge in [0.25, 0.3) is 0 Å². The molecule has 0 fully saturated rings. The zero-order valence-electron chi connectivity index (χ0n) is 35.5. The molecule has 0 atom stereocenters. The average Bonchev–Trinajstić information content (AvgIpc) is 3.20. The highest BCUT2D eigenvalue weighted by Gasteiger charge is 2.13. The highest BCUT2D eigenvalue weighted by molar-refractivity contribution is 14.1. The van der Waals surface area contributed by atoms with Crippen LogP contribution in [0.2, 0.25) is 39.3 Å². The van der Waals surface area contributed by atoms with Crippen LogP contribution in [0.1, 0.15) is 0 Å². The van der Waals surface area contributed by atoms with Gasteiger partial charge < -0.3 is 48.4 Å². The minimum Gasteiger partial charge on any atom is -0.465 e. The molecule has 0 aromatic rings. The largest absolute Gasteiger partial charge is 0.465 e. The Bertz CT molecular complexity index is 1560. The van der Waals surface area contributed by atoms with Gasteiger partial charge in [-0.2, -0.15) is 0 Å². The monoisotopic (exact) mass is 953 g/mol. The first-order valence-electron chi connectivity index (χ1n) is 15.1. The molecule has 18 nitrogen and oxygen atoms in total. The Hall–Kier alpha value is -5.44. The van der Waals surface area contributed by atoms with Gasteiger partial charge in [-0.3, -0.25) is 0 Å². The summed E-state index contributed by atoms with van der Waals surface area (Å²) >= 11 is 1.72. The standard InChI is InChI=1S/C9H15NO3Si.C9H14O2Si.C6H7NO3.C6H6O2.C4H6INO3.2CH4O/c1-12-9(11)8(10-13-2)6-7-14(3,4)5;1-8(9(10)11-2)6-7-12(3,4)5;1-4-5(7-10-3)6(8)9-2;1-4-5(2)6(7)8-3;1-8-4(7)3(5)6-9-2;2*1-2/h1-5H3;1H2,2-5H3;1H,2-3H3;1H,2H2,3H3;1-2H3;2*2H,1H3/b10-8-;;7-5+;;6-3-;;. The SMILES string of the molecule is C#C/C(=N\OC)C(=O)OC.C#CC(=C)C(=O)OC.C=C(C#C[Si](C)(C)C)C(=O)OC.CO.CO.CO/N=C(/C#C[Si](C)(C)C)C(=O)OC.CO/N=C(\I)C(=O)OC. The molecule has 0 heterocycles. The average molecular weight is 954 g/mol. The predicted octanol–water partition coefficient (Wildman–Crippen LogP) is 2.55. The fraction of sp³-hybridized carbons (Fsp3) is 0.444. The molecule has 2 N–H and O–H groups in total. The zero-order valence-corrected chi connectivity index (χ0v) is 39.6. The number of terminal acetylenes is 2. The van der Waals surface area contributed by atoms with Crippen LogP contribution in [0.15, 0.2) is 39.8 Å². The van der Waals surface area contributed by atoms with Crippen LogP contribution < -0.4 is 0 Å². The van der Waals surface area contributed by atoms with E-state index in [2.05, 4.69) is 129 Å². The van der Waals surface area contributed by atoms with Crippen molar-refractivity contribution in [3.8, 4) is 47.6 Å². The topological polar surface area (TPSA) is 237 Å². The lowest BCUT2D eigenvalue weighted by Crippen LogP contribution is -2.19. The minimum absolute atomic E-state index is 0.0115. The second kappa shape index (κ2) is 43.3. The van der Waals surface area contributed by atoms with Gasteiger partial charge in [0.15, 0.2) is 0 Å². The van der Waals surface area contributed by atoms with Crippen molar-refractivity contribution < 1.29 is 72.4 Å². The number of halogens is 1. The number of hydrogen-bond acceptors (Lipinski definition) is 18. The number of aliphatic hydroxyl groups is 2. The molecule has 0 saturated heterocycles. The lowest BCUT2D eigenvalue weighted by molar-refractivity contribution is -0.136. The van der Waals surface area contributed by atoms with Gasteiger partial charge in [-0.05, 0) is 34.4 Å². The van der Waals surface area contributed by atoms with E-state index in [9.17, 15) is 24.0 Å². The number of carbonyl (C=O) groups excluding carboxylic acids is 5. The molecule has 0 aliphatic rings.